The van der Waals surface area contributed by atoms with Crippen molar-refractivity contribution in [1.82, 2.24) is 0 Å². The van der Waals surface area contributed by atoms with Gasteiger partial charge in [0.2, 0.25) is 0 Å². The van der Waals surface area contributed by atoms with Crippen LogP contribution in [-0.2, 0) is 16.1 Å². The molecule has 2 nitrogen and oxygen atoms in total. The molecule has 17 heavy (non-hydrogen) atoms. The third-order valence-electron chi connectivity index (χ3n) is 2.53. The summed E-state index contributed by atoms with van der Waals surface area (Å²) in [5.74, 6) is 0. The predicted octanol–water partition coefficient (Wildman–Crippen LogP) is 3.82. The van der Waals surface area contributed by atoms with E-state index in [2.05, 4.69) is 37.9 Å². The zero-order valence-electron chi connectivity index (χ0n) is 10.4. The maximum absolute atomic E-state index is 5.44. The molecule has 1 rings (SSSR count). The molecule has 0 aliphatic carbocycles. The Morgan fingerprint density at radius 2 is 2.00 bits per heavy atom. The second kappa shape index (κ2) is 10.5. The Hall–Kier alpha value is 0.636. The van der Waals surface area contributed by atoms with E-state index in [-0.39, 0.29) is 16.5 Å². The van der Waals surface area contributed by atoms with E-state index in [0.717, 1.165) is 17.1 Å². The molecule has 0 fully saturated rings. The van der Waals surface area contributed by atoms with Crippen LogP contribution in [0.4, 0.5) is 0 Å². The van der Waals surface area contributed by atoms with Crippen molar-refractivity contribution in [2.45, 2.75) is 30.4 Å². The molecule has 4 heteroatoms. The van der Waals surface area contributed by atoms with Gasteiger partial charge in [-0.15, -0.1) is 4.05 Å². The minimum atomic E-state index is 0.143. The van der Waals surface area contributed by atoms with E-state index in [9.17, 15) is 0 Å². The van der Waals surface area contributed by atoms with Crippen LogP contribution >= 0.6 is 18.9 Å². The average molecular weight is 359 g/mol. The molecule has 0 spiro atoms. The van der Waals surface area contributed by atoms with Gasteiger partial charge in [0, 0.05) is 6.61 Å². The highest BCUT2D eigenvalue weighted by molar-refractivity contribution is 14.1. The van der Waals surface area contributed by atoms with E-state index >= 15 is 0 Å². The molecule has 1 unspecified atom stereocenters. The maximum atomic E-state index is 5.44. The summed E-state index contributed by atoms with van der Waals surface area (Å²) in [5, 5.41) is 0. The molecule has 0 N–H and O–H groups in total. The molecule has 1 atom stereocenters. The van der Waals surface area contributed by atoms with Crippen LogP contribution in [0.25, 0.3) is 0 Å². The standard InChI is InChI=1S/C13H19O2.HI.Mg/c1-2-3-7-10-14-12-15-11-13-8-5-4-6-9-13;;/h2,4-6,8-9H,3,7,10-12H2,1H3;1H;/q;;+1/p-1. The zero-order chi connectivity index (χ0) is 12.3. The van der Waals surface area contributed by atoms with Crippen molar-refractivity contribution < 1.29 is 9.47 Å². The Balaban J connectivity index is 1.91. The molecule has 1 aromatic rings. The number of benzene rings is 1. The number of hydrogen-bond acceptors (Lipinski definition) is 2. The van der Waals surface area contributed by atoms with Crippen LogP contribution in [0.1, 0.15) is 25.3 Å². The fraction of sp³-hybridized carbons (Fsp3) is 0.538. The van der Waals surface area contributed by atoms with Crippen LogP contribution in [0, 0.1) is 0 Å². The Kier molecular flexibility index (Phi) is 9.74. The molecule has 0 radical (unpaired) electrons. The fourth-order valence-electron chi connectivity index (χ4n) is 1.46. The van der Waals surface area contributed by atoms with E-state index in [4.69, 9.17) is 9.47 Å². The number of halogens is 1. The second-order valence-corrected chi connectivity index (χ2v) is 8.61. The van der Waals surface area contributed by atoms with E-state index in [1.165, 1.54) is 12.0 Å². The lowest BCUT2D eigenvalue weighted by atomic mass is 10.2. The van der Waals surface area contributed by atoms with Crippen LogP contribution < -0.4 is 0 Å². The average Bonchev–Trinajstić information content (AvgIpc) is 2.38. The lowest BCUT2D eigenvalue weighted by molar-refractivity contribution is -0.0622. The molecule has 0 aliphatic heterocycles. The van der Waals surface area contributed by atoms with Crippen molar-refractivity contribution in [3.05, 3.63) is 35.9 Å². The van der Waals surface area contributed by atoms with Gasteiger partial charge in [-0.05, 0) is 12.0 Å². The first-order valence-corrected chi connectivity index (χ1v) is 12.0. The first-order chi connectivity index (χ1) is 8.33. The van der Waals surface area contributed by atoms with Gasteiger partial charge in [-0.25, -0.2) is 0 Å². The van der Waals surface area contributed by atoms with Gasteiger partial charge in [-0.1, -0.05) is 43.7 Å². The molecular formula is C13H19IMgO2. The summed E-state index contributed by atoms with van der Waals surface area (Å²) < 4.78 is 11.8. The lowest BCUT2D eigenvalue weighted by Gasteiger charge is -2.08. The monoisotopic (exact) mass is 358 g/mol. The highest BCUT2D eigenvalue weighted by atomic mass is 127. The number of ether oxygens (including phenoxy) is 2. The molecule has 0 heterocycles. The third-order valence-corrected chi connectivity index (χ3v) is 7.97. The highest BCUT2D eigenvalue weighted by Gasteiger charge is 2.02. The SMILES string of the molecule is C[CH](CCCOCOCc1ccccc1)[Mg][I]. The number of hydrogen-bond donors (Lipinski definition) is 0. The summed E-state index contributed by atoms with van der Waals surface area (Å²) in [6.07, 6.45) is 2.46. The largest absolute Gasteiger partial charge is 0.466 e. The van der Waals surface area contributed by atoms with E-state index in [1.54, 1.807) is 0 Å². The van der Waals surface area contributed by atoms with E-state index < -0.39 is 0 Å². The van der Waals surface area contributed by atoms with Gasteiger partial charge in [0.25, 0.3) is 0 Å². The summed E-state index contributed by atoms with van der Waals surface area (Å²) in [5.41, 5.74) is 1.20. The Morgan fingerprint density at radius 1 is 1.24 bits per heavy atom. The van der Waals surface area contributed by atoms with Gasteiger partial charge < -0.3 is 28.3 Å². The van der Waals surface area contributed by atoms with Gasteiger partial charge in [0.05, 0.1) is 6.61 Å². The summed E-state index contributed by atoms with van der Waals surface area (Å²) in [4.78, 5) is 0. The van der Waals surface area contributed by atoms with Crippen molar-refractivity contribution in [1.29, 1.82) is 0 Å². The molecule has 1 aromatic carbocycles. The Morgan fingerprint density at radius 3 is 2.71 bits per heavy atom. The minimum Gasteiger partial charge on any atom is -0.355 e. The van der Waals surface area contributed by atoms with Gasteiger partial charge in [-0.3, -0.25) is 0 Å². The second-order valence-electron chi connectivity index (χ2n) is 4.26. The maximum Gasteiger partial charge on any atom is 0.466 e. The molecule has 0 saturated heterocycles. The number of rotatable bonds is 9. The Labute approximate surface area is 124 Å². The quantitative estimate of drug-likeness (QED) is 0.289. The smallest absolute Gasteiger partial charge is 0.355 e. The summed E-state index contributed by atoms with van der Waals surface area (Å²) in [7, 11) is 0. The Bertz CT molecular complexity index is 282. The molecule has 0 saturated carbocycles. The summed E-state index contributed by atoms with van der Waals surface area (Å²) in [6, 6.07) is 10.2. The zero-order valence-corrected chi connectivity index (χ0v) is 14.0. The lowest BCUT2D eigenvalue weighted by Crippen LogP contribution is -2.03. The molecular weight excluding hydrogens is 339 g/mol. The summed E-state index contributed by atoms with van der Waals surface area (Å²) in [6.45, 7) is 4.21. The first-order valence-electron chi connectivity index (χ1n) is 6.08. The molecule has 0 aliphatic rings. The van der Waals surface area contributed by atoms with Crippen LogP contribution in [0.5, 0.6) is 0 Å². The first kappa shape index (κ1) is 15.7. The van der Waals surface area contributed by atoms with Crippen molar-refractivity contribution in [2.75, 3.05) is 13.4 Å². The van der Waals surface area contributed by atoms with Crippen LogP contribution in [-0.4, -0.2) is 29.9 Å². The van der Waals surface area contributed by atoms with Gasteiger partial charge in [0.1, 0.15) is 6.79 Å². The van der Waals surface area contributed by atoms with Gasteiger partial charge in [-0.2, -0.15) is 0 Å². The van der Waals surface area contributed by atoms with Crippen molar-refractivity contribution in [3.8, 4) is 0 Å². The van der Waals surface area contributed by atoms with Gasteiger partial charge >= 0.3 is 16.5 Å². The molecule has 0 aromatic heterocycles. The summed E-state index contributed by atoms with van der Waals surface area (Å²) >= 11 is 2.71. The van der Waals surface area contributed by atoms with Crippen molar-refractivity contribution >= 4 is 35.3 Å². The van der Waals surface area contributed by atoms with E-state index in [1.807, 2.05) is 18.2 Å². The fourth-order valence-corrected chi connectivity index (χ4v) is 3.23. The normalized spacial score (nSPS) is 12.1. The van der Waals surface area contributed by atoms with Gasteiger partial charge in [0.15, 0.2) is 0 Å². The topological polar surface area (TPSA) is 18.5 Å². The van der Waals surface area contributed by atoms with Crippen molar-refractivity contribution in [2.24, 2.45) is 0 Å². The minimum absolute atomic E-state index is 0.143. The van der Waals surface area contributed by atoms with Crippen LogP contribution in [0.3, 0.4) is 0 Å². The van der Waals surface area contributed by atoms with Crippen molar-refractivity contribution in [3.63, 3.8) is 0 Å². The molecule has 92 valence electrons. The highest BCUT2D eigenvalue weighted by Crippen LogP contribution is 2.12. The third kappa shape index (κ3) is 8.37. The van der Waals surface area contributed by atoms with Crippen LogP contribution in [0.15, 0.2) is 30.3 Å². The molecule has 0 amide bonds. The van der Waals surface area contributed by atoms with E-state index in [0.29, 0.717) is 13.4 Å². The van der Waals surface area contributed by atoms with Crippen LogP contribution in [0.2, 0.25) is 4.05 Å². The predicted molar refractivity (Wildman–Crippen MR) is 80.5 cm³/mol. The molecule has 0 bridgehead atoms.